The Morgan fingerprint density at radius 3 is 2.55 bits per heavy atom. The minimum atomic E-state index is 0.783. The summed E-state index contributed by atoms with van der Waals surface area (Å²) in [6.45, 7) is 4.78. The first kappa shape index (κ1) is 14.6. The van der Waals surface area contributed by atoms with Crippen LogP contribution in [0.5, 0.6) is 5.75 Å². The lowest BCUT2D eigenvalue weighted by Crippen LogP contribution is -2.16. The molecule has 0 atom stereocenters. The summed E-state index contributed by atoms with van der Waals surface area (Å²) in [6, 6.07) is 18.9. The zero-order chi connectivity index (χ0) is 14.0. The van der Waals surface area contributed by atoms with Crippen molar-refractivity contribution >= 4 is 0 Å². The summed E-state index contributed by atoms with van der Waals surface area (Å²) in [4.78, 5) is 0. The zero-order valence-corrected chi connectivity index (χ0v) is 12.1. The van der Waals surface area contributed by atoms with Gasteiger partial charge in [-0.3, -0.25) is 0 Å². The van der Waals surface area contributed by atoms with E-state index in [2.05, 4.69) is 60.8 Å². The summed E-state index contributed by atoms with van der Waals surface area (Å²) < 4.78 is 5.64. The fraction of sp³-hybridized carbons (Fsp3) is 0.333. The van der Waals surface area contributed by atoms with Crippen molar-refractivity contribution in [2.24, 2.45) is 0 Å². The highest BCUT2D eigenvalue weighted by atomic mass is 16.5. The Morgan fingerprint density at radius 2 is 1.75 bits per heavy atom. The van der Waals surface area contributed by atoms with Crippen molar-refractivity contribution in [3.05, 3.63) is 65.7 Å². The van der Waals surface area contributed by atoms with Gasteiger partial charge < -0.3 is 10.1 Å². The lowest BCUT2D eigenvalue weighted by atomic mass is 10.1. The third-order valence-electron chi connectivity index (χ3n) is 3.13. The van der Waals surface area contributed by atoms with Gasteiger partial charge >= 0.3 is 0 Å². The number of hydrogen-bond donors (Lipinski definition) is 1. The lowest BCUT2D eigenvalue weighted by molar-refractivity contribution is 0.317. The Morgan fingerprint density at radius 1 is 0.950 bits per heavy atom. The first-order valence-corrected chi connectivity index (χ1v) is 7.35. The van der Waals surface area contributed by atoms with Crippen molar-refractivity contribution < 1.29 is 4.74 Å². The average molecular weight is 269 g/mol. The van der Waals surface area contributed by atoms with Gasteiger partial charge in [0, 0.05) is 6.54 Å². The third-order valence-corrected chi connectivity index (χ3v) is 3.13. The molecule has 0 heterocycles. The molecule has 0 aromatic heterocycles. The molecular formula is C18H23NO. The highest BCUT2D eigenvalue weighted by Crippen LogP contribution is 2.13. The van der Waals surface area contributed by atoms with Crippen LogP contribution in [0.25, 0.3) is 0 Å². The van der Waals surface area contributed by atoms with Crippen molar-refractivity contribution in [1.29, 1.82) is 0 Å². The molecule has 2 aromatic rings. The summed E-state index contributed by atoms with van der Waals surface area (Å²) in [5.41, 5.74) is 2.65. The zero-order valence-electron chi connectivity index (χ0n) is 12.1. The summed E-state index contributed by atoms with van der Waals surface area (Å²) >= 11 is 0. The number of benzene rings is 2. The second-order valence-corrected chi connectivity index (χ2v) is 4.91. The molecule has 0 unspecified atom stereocenters. The quantitative estimate of drug-likeness (QED) is 0.736. The molecule has 0 aliphatic carbocycles. The highest BCUT2D eigenvalue weighted by molar-refractivity contribution is 5.28. The predicted molar refractivity (Wildman–Crippen MR) is 84.1 cm³/mol. The lowest BCUT2D eigenvalue weighted by Gasteiger charge is -2.08. The third kappa shape index (κ3) is 5.06. The topological polar surface area (TPSA) is 21.3 Å². The molecule has 2 nitrogen and oxygen atoms in total. The fourth-order valence-corrected chi connectivity index (χ4v) is 2.08. The summed E-state index contributed by atoms with van der Waals surface area (Å²) in [5, 5.41) is 3.48. The van der Waals surface area contributed by atoms with E-state index in [-0.39, 0.29) is 0 Å². The van der Waals surface area contributed by atoms with Crippen LogP contribution in [-0.2, 0) is 13.0 Å². The molecule has 2 aromatic carbocycles. The standard InChI is InChI=1S/C18H23NO/c1-2-13-20-18-10-6-9-17(14-18)15-19-12-11-16-7-4-3-5-8-16/h3-10,14,19H,2,11-13,15H2,1H3. The van der Waals surface area contributed by atoms with E-state index in [1.807, 2.05) is 6.07 Å². The van der Waals surface area contributed by atoms with Gasteiger partial charge in [-0.15, -0.1) is 0 Å². The normalized spacial score (nSPS) is 10.4. The van der Waals surface area contributed by atoms with E-state index < -0.39 is 0 Å². The van der Waals surface area contributed by atoms with E-state index in [4.69, 9.17) is 4.74 Å². The Labute approximate surface area is 121 Å². The van der Waals surface area contributed by atoms with Gasteiger partial charge in [-0.05, 0) is 42.6 Å². The Kier molecular flexibility index (Phi) is 6.12. The highest BCUT2D eigenvalue weighted by Gasteiger charge is 1.97. The SMILES string of the molecule is CCCOc1cccc(CNCCc2ccccc2)c1. The Balaban J connectivity index is 1.73. The van der Waals surface area contributed by atoms with Gasteiger partial charge in [0.25, 0.3) is 0 Å². The molecule has 20 heavy (non-hydrogen) atoms. The van der Waals surface area contributed by atoms with E-state index in [0.29, 0.717) is 0 Å². The second kappa shape index (κ2) is 8.39. The molecule has 2 heteroatoms. The van der Waals surface area contributed by atoms with Crippen LogP contribution in [0.4, 0.5) is 0 Å². The number of nitrogens with one attached hydrogen (secondary N) is 1. The molecule has 0 amide bonds. The fourth-order valence-electron chi connectivity index (χ4n) is 2.08. The number of hydrogen-bond acceptors (Lipinski definition) is 2. The van der Waals surface area contributed by atoms with Gasteiger partial charge in [0.05, 0.1) is 6.61 Å². The molecule has 2 rings (SSSR count). The van der Waals surface area contributed by atoms with Crippen molar-refractivity contribution in [3.63, 3.8) is 0 Å². The molecule has 1 N–H and O–H groups in total. The summed E-state index contributed by atoms with van der Waals surface area (Å²) in [6.07, 6.45) is 2.10. The van der Waals surface area contributed by atoms with Crippen molar-refractivity contribution in [2.75, 3.05) is 13.2 Å². The number of rotatable bonds is 8. The van der Waals surface area contributed by atoms with Crippen molar-refractivity contribution in [1.82, 2.24) is 5.32 Å². The van der Waals surface area contributed by atoms with E-state index >= 15 is 0 Å². The Bertz CT molecular complexity index is 496. The van der Waals surface area contributed by atoms with E-state index in [1.165, 1.54) is 11.1 Å². The molecule has 0 bridgehead atoms. The average Bonchev–Trinajstić information content (AvgIpc) is 2.51. The molecule has 0 spiro atoms. The minimum Gasteiger partial charge on any atom is -0.494 e. The maximum absolute atomic E-state index is 5.64. The largest absolute Gasteiger partial charge is 0.494 e. The molecule has 0 saturated heterocycles. The van der Waals surface area contributed by atoms with E-state index in [0.717, 1.165) is 38.3 Å². The van der Waals surface area contributed by atoms with Gasteiger partial charge in [-0.2, -0.15) is 0 Å². The molecule has 0 saturated carbocycles. The van der Waals surface area contributed by atoms with Crippen molar-refractivity contribution in [3.8, 4) is 5.75 Å². The molecule has 0 fully saturated rings. The van der Waals surface area contributed by atoms with Crippen LogP contribution in [-0.4, -0.2) is 13.2 Å². The van der Waals surface area contributed by atoms with Gasteiger partial charge in [-0.25, -0.2) is 0 Å². The molecule has 0 aliphatic rings. The Hall–Kier alpha value is -1.80. The molecule has 106 valence electrons. The number of ether oxygens (including phenoxy) is 1. The van der Waals surface area contributed by atoms with Gasteiger partial charge in [0.1, 0.15) is 5.75 Å². The molecule has 0 aliphatic heterocycles. The van der Waals surface area contributed by atoms with Gasteiger partial charge in [-0.1, -0.05) is 49.4 Å². The second-order valence-electron chi connectivity index (χ2n) is 4.91. The first-order chi connectivity index (χ1) is 9.88. The van der Waals surface area contributed by atoms with Crippen LogP contribution < -0.4 is 10.1 Å². The minimum absolute atomic E-state index is 0.783. The maximum atomic E-state index is 5.64. The molecular weight excluding hydrogens is 246 g/mol. The van der Waals surface area contributed by atoms with Crippen LogP contribution in [0.15, 0.2) is 54.6 Å². The predicted octanol–water partition coefficient (Wildman–Crippen LogP) is 3.81. The van der Waals surface area contributed by atoms with Crippen LogP contribution in [0, 0.1) is 0 Å². The maximum Gasteiger partial charge on any atom is 0.119 e. The van der Waals surface area contributed by atoms with Crippen LogP contribution in [0.1, 0.15) is 24.5 Å². The van der Waals surface area contributed by atoms with Crippen LogP contribution in [0.3, 0.4) is 0 Å². The van der Waals surface area contributed by atoms with Crippen LogP contribution in [0.2, 0.25) is 0 Å². The van der Waals surface area contributed by atoms with Gasteiger partial charge in [0.2, 0.25) is 0 Å². The summed E-state index contributed by atoms with van der Waals surface area (Å²) in [5.74, 6) is 0.967. The molecule has 0 radical (unpaired) electrons. The van der Waals surface area contributed by atoms with E-state index in [1.54, 1.807) is 0 Å². The van der Waals surface area contributed by atoms with Gasteiger partial charge in [0.15, 0.2) is 0 Å². The monoisotopic (exact) mass is 269 g/mol. The van der Waals surface area contributed by atoms with Crippen LogP contribution >= 0.6 is 0 Å². The first-order valence-electron chi connectivity index (χ1n) is 7.35. The van der Waals surface area contributed by atoms with E-state index in [9.17, 15) is 0 Å². The van der Waals surface area contributed by atoms with Crippen molar-refractivity contribution in [2.45, 2.75) is 26.3 Å². The smallest absolute Gasteiger partial charge is 0.119 e. The summed E-state index contributed by atoms with van der Waals surface area (Å²) in [7, 11) is 0.